The fraction of sp³-hybridized carbons (Fsp3) is 0.105. The maximum Gasteiger partial charge on any atom is 0.291 e. The number of aromatic nitrogens is 2. The van der Waals surface area contributed by atoms with Crippen LogP contribution in [0.2, 0.25) is 10.0 Å². The van der Waals surface area contributed by atoms with E-state index in [0.717, 1.165) is 4.68 Å². The molecule has 0 spiro atoms. The lowest BCUT2D eigenvalue weighted by Gasteiger charge is -2.17. The minimum absolute atomic E-state index is 0.0363. The molecular weight excluding hydrogens is 435 g/mol. The molecule has 3 rings (SSSR count). The molecule has 0 amide bonds. The number of hydrogen-bond donors (Lipinski definition) is 0. The molecule has 10 heteroatoms. The molecule has 2 aromatic carbocycles. The average molecular weight is 449 g/mol. The normalized spacial score (nSPS) is 11.4. The minimum atomic E-state index is -3.79. The number of nitrogens with zero attached hydrogens (tertiary/aromatic N) is 4. The van der Waals surface area contributed by atoms with E-state index in [1.165, 1.54) is 41.8 Å². The summed E-state index contributed by atoms with van der Waals surface area (Å²) < 4.78 is 27.9. The van der Waals surface area contributed by atoms with Crippen molar-refractivity contribution in [2.45, 2.75) is 11.4 Å². The molecule has 1 aromatic heterocycles. The van der Waals surface area contributed by atoms with Gasteiger partial charge >= 0.3 is 0 Å². The van der Waals surface area contributed by atoms with Crippen LogP contribution in [0, 0.1) is 11.3 Å². The van der Waals surface area contributed by atoms with Gasteiger partial charge in [-0.1, -0.05) is 35.3 Å². The molecule has 0 atom stereocenters. The van der Waals surface area contributed by atoms with Crippen molar-refractivity contribution in [1.82, 2.24) is 14.1 Å². The smallest absolute Gasteiger partial charge is 0.266 e. The lowest BCUT2D eigenvalue weighted by atomic mass is 10.1. The van der Waals surface area contributed by atoms with Crippen molar-refractivity contribution in [3.63, 3.8) is 0 Å². The first-order valence-electron chi connectivity index (χ1n) is 8.23. The van der Waals surface area contributed by atoms with Gasteiger partial charge in [-0.25, -0.2) is 8.42 Å². The van der Waals surface area contributed by atoms with Crippen molar-refractivity contribution in [2.24, 2.45) is 0 Å². The van der Waals surface area contributed by atoms with Crippen molar-refractivity contribution in [3.05, 3.63) is 86.3 Å². The van der Waals surface area contributed by atoms with Gasteiger partial charge in [0.1, 0.15) is 5.02 Å². The second-order valence-corrected chi connectivity index (χ2v) is 8.92. The van der Waals surface area contributed by atoms with Crippen molar-refractivity contribution in [3.8, 4) is 11.8 Å². The first-order chi connectivity index (χ1) is 13.7. The zero-order valence-electron chi connectivity index (χ0n) is 15.1. The Bertz CT molecular complexity index is 1270. The van der Waals surface area contributed by atoms with Crippen molar-refractivity contribution >= 4 is 33.2 Å². The molecule has 148 valence electrons. The standard InChI is InChI=1S/C19H14Cl2N4O3S/c1-24(12-14-4-2-3-13(9-14)10-22)29(27,28)16-7-5-15(6-8-16)25-19(26)18(21)17(20)11-23-25/h2-9,11H,12H2,1H3. The van der Waals surface area contributed by atoms with E-state index in [9.17, 15) is 13.2 Å². The molecule has 29 heavy (non-hydrogen) atoms. The first kappa shape index (κ1) is 21.0. The highest BCUT2D eigenvalue weighted by Crippen LogP contribution is 2.20. The fourth-order valence-electron chi connectivity index (χ4n) is 2.62. The van der Waals surface area contributed by atoms with Crippen LogP contribution in [-0.4, -0.2) is 29.6 Å². The molecule has 7 nitrogen and oxygen atoms in total. The molecule has 3 aromatic rings. The molecule has 0 aliphatic rings. The van der Waals surface area contributed by atoms with Gasteiger partial charge in [0.2, 0.25) is 10.0 Å². The van der Waals surface area contributed by atoms with Crippen LogP contribution in [0.4, 0.5) is 0 Å². The highest BCUT2D eigenvalue weighted by molar-refractivity contribution is 7.89. The number of hydrogen-bond acceptors (Lipinski definition) is 5. The number of sulfonamides is 1. The first-order valence-corrected chi connectivity index (χ1v) is 10.4. The summed E-state index contributed by atoms with van der Waals surface area (Å²) in [4.78, 5) is 12.2. The quantitative estimate of drug-likeness (QED) is 0.596. The van der Waals surface area contributed by atoms with E-state index in [4.69, 9.17) is 28.5 Å². The van der Waals surface area contributed by atoms with Gasteiger partial charge in [-0.3, -0.25) is 4.79 Å². The summed E-state index contributed by atoms with van der Waals surface area (Å²) in [5.41, 5.74) is 0.886. The molecule has 0 aliphatic carbocycles. The Morgan fingerprint density at radius 3 is 2.52 bits per heavy atom. The van der Waals surface area contributed by atoms with Gasteiger partial charge in [0.25, 0.3) is 5.56 Å². The molecule has 0 saturated carbocycles. The Kier molecular flexibility index (Phi) is 6.05. The zero-order chi connectivity index (χ0) is 21.2. The summed E-state index contributed by atoms with van der Waals surface area (Å²) in [7, 11) is -2.33. The van der Waals surface area contributed by atoms with E-state index in [2.05, 4.69) is 5.10 Å². The van der Waals surface area contributed by atoms with Crippen LogP contribution >= 0.6 is 23.2 Å². The molecule has 1 heterocycles. The van der Waals surface area contributed by atoms with Gasteiger partial charge in [0.05, 0.1) is 33.4 Å². The monoisotopic (exact) mass is 448 g/mol. The van der Waals surface area contributed by atoms with E-state index in [1.807, 2.05) is 6.07 Å². The van der Waals surface area contributed by atoms with Crippen LogP contribution in [0.15, 0.2) is 64.4 Å². The molecule has 0 fully saturated rings. The number of nitriles is 1. The third-order valence-electron chi connectivity index (χ3n) is 4.13. The predicted octanol–water partition coefficient (Wildman–Crippen LogP) is 3.23. The summed E-state index contributed by atoms with van der Waals surface area (Å²) >= 11 is 11.6. The van der Waals surface area contributed by atoms with Gasteiger partial charge < -0.3 is 0 Å². The zero-order valence-corrected chi connectivity index (χ0v) is 17.4. The molecule has 0 radical (unpaired) electrons. The fourth-order valence-corrected chi connectivity index (χ4v) is 4.03. The van der Waals surface area contributed by atoms with Crippen molar-refractivity contribution in [1.29, 1.82) is 5.26 Å². The van der Waals surface area contributed by atoms with Gasteiger partial charge in [-0.15, -0.1) is 0 Å². The number of rotatable bonds is 5. The molecule has 0 aliphatic heterocycles. The molecule has 0 saturated heterocycles. The largest absolute Gasteiger partial charge is 0.291 e. The molecular formula is C19H14Cl2N4O3S. The molecule has 0 unspecified atom stereocenters. The van der Waals surface area contributed by atoms with Crippen LogP contribution in [0.3, 0.4) is 0 Å². The van der Waals surface area contributed by atoms with E-state index in [-0.39, 0.29) is 21.5 Å². The van der Waals surface area contributed by atoms with E-state index in [1.54, 1.807) is 24.3 Å². The van der Waals surface area contributed by atoms with Gasteiger partial charge in [0, 0.05) is 13.6 Å². The maximum atomic E-state index is 12.8. The lowest BCUT2D eigenvalue weighted by Crippen LogP contribution is -2.26. The predicted molar refractivity (Wildman–Crippen MR) is 110 cm³/mol. The Hall–Kier alpha value is -2.70. The minimum Gasteiger partial charge on any atom is -0.266 e. The second kappa shape index (κ2) is 8.35. The van der Waals surface area contributed by atoms with Crippen molar-refractivity contribution in [2.75, 3.05) is 7.05 Å². The van der Waals surface area contributed by atoms with Crippen LogP contribution in [0.5, 0.6) is 0 Å². The highest BCUT2D eigenvalue weighted by atomic mass is 35.5. The maximum absolute atomic E-state index is 12.8. The van der Waals surface area contributed by atoms with Crippen molar-refractivity contribution < 1.29 is 8.42 Å². The van der Waals surface area contributed by atoms with Crippen LogP contribution < -0.4 is 5.56 Å². The van der Waals surface area contributed by atoms with Crippen LogP contribution in [0.1, 0.15) is 11.1 Å². The summed E-state index contributed by atoms with van der Waals surface area (Å²) in [6.07, 6.45) is 1.24. The summed E-state index contributed by atoms with van der Waals surface area (Å²) in [5.74, 6) is 0. The SMILES string of the molecule is CN(Cc1cccc(C#N)c1)S(=O)(=O)c1ccc(-n2ncc(Cl)c(Cl)c2=O)cc1. The highest BCUT2D eigenvalue weighted by Gasteiger charge is 2.21. The number of halogens is 2. The second-order valence-electron chi connectivity index (χ2n) is 6.09. The molecule has 0 N–H and O–H groups in total. The molecule has 0 bridgehead atoms. The number of benzene rings is 2. The Labute approximate surface area is 177 Å². The third-order valence-corrected chi connectivity index (χ3v) is 6.69. The van der Waals surface area contributed by atoms with Crippen LogP contribution in [0.25, 0.3) is 5.69 Å². The Morgan fingerprint density at radius 1 is 1.17 bits per heavy atom. The lowest BCUT2D eigenvalue weighted by molar-refractivity contribution is 0.466. The summed E-state index contributed by atoms with van der Waals surface area (Å²) in [6.45, 7) is 0.105. The summed E-state index contributed by atoms with van der Waals surface area (Å²) in [5, 5.41) is 12.8. The van der Waals surface area contributed by atoms with E-state index in [0.29, 0.717) is 16.8 Å². The Morgan fingerprint density at radius 2 is 1.86 bits per heavy atom. The van der Waals surface area contributed by atoms with Gasteiger partial charge in [0.15, 0.2) is 0 Å². The Balaban J connectivity index is 1.87. The third kappa shape index (κ3) is 4.33. The summed E-state index contributed by atoms with van der Waals surface area (Å²) in [6, 6.07) is 14.4. The van der Waals surface area contributed by atoms with E-state index < -0.39 is 15.6 Å². The topological polar surface area (TPSA) is 96.1 Å². The van der Waals surface area contributed by atoms with Gasteiger partial charge in [-0.2, -0.15) is 19.3 Å². The van der Waals surface area contributed by atoms with Gasteiger partial charge in [-0.05, 0) is 42.0 Å². The van der Waals surface area contributed by atoms with E-state index >= 15 is 0 Å². The average Bonchev–Trinajstić information content (AvgIpc) is 2.72. The van der Waals surface area contributed by atoms with Crippen LogP contribution in [-0.2, 0) is 16.6 Å².